The second-order valence-electron chi connectivity index (χ2n) is 7.09. The summed E-state index contributed by atoms with van der Waals surface area (Å²) in [4.78, 5) is 20.9. The second kappa shape index (κ2) is 7.53. The fourth-order valence-electron chi connectivity index (χ4n) is 4.76. The average Bonchev–Trinajstić information content (AvgIpc) is 3.20. The molecule has 3 saturated heterocycles. The quantitative estimate of drug-likeness (QED) is 0.825. The molecule has 4 aliphatic rings. The molecule has 4 nitrogen and oxygen atoms in total. The Morgan fingerprint density at radius 2 is 1.92 bits per heavy atom. The number of carbonyl (C=O) groups is 1. The lowest BCUT2D eigenvalue weighted by Gasteiger charge is -2.55. The molecule has 0 radical (unpaired) electrons. The summed E-state index contributed by atoms with van der Waals surface area (Å²) in [5, 5.41) is 8.20. The van der Waals surface area contributed by atoms with Crippen molar-refractivity contribution in [3.8, 4) is 9.88 Å². The summed E-state index contributed by atoms with van der Waals surface area (Å²) in [7, 11) is 0. The molecule has 2 aromatic rings. The first kappa shape index (κ1) is 19.1. The Bertz CT molecular complexity index is 706. The molecule has 1 saturated carbocycles. The van der Waals surface area contributed by atoms with Gasteiger partial charge < -0.3 is 10.2 Å². The van der Waals surface area contributed by atoms with Crippen LogP contribution in [0.3, 0.4) is 0 Å². The van der Waals surface area contributed by atoms with Crippen molar-refractivity contribution in [2.24, 2.45) is 17.8 Å². The maximum atomic E-state index is 12.6. The van der Waals surface area contributed by atoms with E-state index in [1.54, 1.807) is 22.7 Å². The predicted octanol–water partition coefficient (Wildman–Crippen LogP) is 3.79. The second-order valence-corrected chi connectivity index (χ2v) is 8.90. The number of hydrogen-bond acceptors (Lipinski definition) is 5. The number of thiazole rings is 1. The minimum absolute atomic E-state index is 0. The summed E-state index contributed by atoms with van der Waals surface area (Å²) in [6, 6.07) is 4.42. The van der Waals surface area contributed by atoms with Crippen molar-refractivity contribution in [1.82, 2.24) is 15.2 Å². The largest absolute Gasteiger partial charge is 0.347 e. The number of rotatable bonds is 3. The lowest BCUT2D eigenvalue weighted by molar-refractivity contribution is -0.0419. The van der Waals surface area contributed by atoms with Crippen LogP contribution in [0.1, 0.15) is 23.3 Å². The van der Waals surface area contributed by atoms with Crippen LogP contribution in [-0.2, 0) is 0 Å². The van der Waals surface area contributed by atoms with E-state index < -0.39 is 0 Å². The number of hydrogen-bond donors (Lipinski definition) is 1. The van der Waals surface area contributed by atoms with Gasteiger partial charge in [-0.1, -0.05) is 6.07 Å². The molecule has 1 aliphatic carbocycles. The van der Waals surface area contributed by atoms with Crippen LogP contribution < -0.4 is 5.32 Å². The summed E-state index contributed by atoms with van der Waals surface area (Å²) < 4.78 is 0. The number of thiophene rings is 1. The Morgan fingerprint density at radius 3 is 2.56 bits per heavy atom. The van der Waals surface area contributed by atoms with E-state index in [-0.39, 0.29) is 30.7 Å². The summed E-state index contributed by atoms with van der Waals surface area (Å²) in [5.41, 5.74) is 0.576. The van der Waals surface area contributed by atoms with Crippen LogP contribution in [0.4, 0.5) is 0 Å². The third kappa shape index (κ3) is 3.47. The van der Waals surface area contributed by atoms with E-state index in [4.69, 9.17) is 0 Å². The van der Waals surface area contributed by atoms with Gasteiger partial charge in [0.15, 0.2) is 0 Å². The molecule has 2 unspecified atom stereocenters. The van der Waals surface area contributed by atoms with Crippen molar-refractivity contribution in [1.29, 1.82) is 0 Å². The van der Waals surface area contributed by atoms with Gasteiger partial charge >= 0.3 is 0 Å². The molecule has 4 fully saturated rings. The molecule has 25 heavy (non-hydrogen) atoms. The normalized spacial score (nSPS) is 31.9. The Balaban J connectivity index is 0.000000911. The van der Waals surface area contributed by atoms with Crippen molar-refractivity contribution >= 4 is 53.4 Å². The molecular weight excluding hydrogens is 397 g/mol. The molecule has 1 N–H and O–H groups in total. The highest BCUT2D eigenvalue weighted by Gasteiger charge is 2.47. The molecule has 2 aromatic heterocycles. The Kier molecular flexibility index (Phi) is 5.75. The fourth-order valence-corrected chi connectivity index (χ4v) is 6.37. The first-order chi connectivity index (χ1) is 11.3. The number of aromatic nitrogens is 1. The molecule has 136 valence electrons. The van der Waals surface area contributed by atoms with Gasteiger partial charge in [0.05, 0.1) is 4.88 Å². The summed E-state index contributed by atoms with van der Waals surface area (Å²) in [6.07, 6.45) is 2.57. The maximum absolute atomic E-state index is 12.6. The van der Waals surface area contributed by atoms with Crippen LogP contribution >= 0.6 is 47.5 Å². The van der Waals surface area contributed by atoms with Crippen LogP contribution in [0.25, 0.3) is 9.88 Å². The van der Waals surface area contributed by atoms with Gasteiger partial charge in [-0.2, -0.15) is 0 Å². The molecule has 5 heterocycles. The van der Waals surface area contributed by atoms with E-state index >= 15 is 0 Å². The number of halogens is 2. The molecule has 8 heteroatoms. The van der Waals surface area contributed by atoms with Gasteiger partial charge in [0.25, 0.3) is 5.91 Å². The van der Waals surface area contributed by atoms with E-state index in [1.165, 1.54) is 19.4 Å². The zero-order valence-electron chi connectivity index (χ0n) is 13.6. The molecule has 4 bridgehead atoms. The zero-order chi connectivity index (χ0) is 15.4. The molecule has 0 aromatic carbocycles. The maximum Gasteiger partial charge on any atom is 0.271 e. The number of piperidine rings is 3. The van der Waals surface area contributed by atoms with Crippen LogP contribution in [0.15, 0.2) is 22.9 Å². The van der Waals surface area contributed by atoms with Crippen molar-refractivity contribution in [3.63, 3.8) is 0 Å². The first-order valence-electron chi connectivity index (χ1n) is 8.29. The Labute approximate surface area is 167 Å². The zero-order valence-corrected chi connectivity index (χ0v) is 16.9. The summed E-state index contributed by atoms with van der Waals surface area (Å²) >= 11 is 3.22. The average molecular weight is 418 g/mol. The molecule has 1 amide bonds. The van der Waals surface area contributed by atoms with E-state index in [1.807, 2.05) is 16.8 Å². The fraction of sp³-hybridized carbons (Fsp3) is 0.529. The molecule has 3 aliphatic heterocycles. The van der Waals surface area contributed by atoms with Crippen LogP contribution in [0.5, 0.6) is 0 Å². The Morgan fingerprint density at radius 1 is 1.16 bits per heavy atom. The van der Waals surface area contributed by atoms with Crippen LogP contribution in [-0.4, -0.2) is 41.5 Å². The van der Waals surface area contributed by atoms with Crippen molar-refractivity contribution in [3.05, 3.63) is 28.6 Å². The van der Waals surface area contributed by atoms with Gasteiger partial charge in [-0.25, -0.2) is 4.98 Å². The van der Waals surface area contributed by atoms with Crippen molar-refractivity contribution < 1.29 is 4.79 Å². The van der Waals surface area contributed by atoms with Gasteiger partial charge in [0.1, 0.15) is 10.7 Å². The lowest BCUT2D eigenvalue weighted by Crippen LogP contribution is -2.64. The minimum Gasteiger partial charge on any atom is -0.347 e. The predicted molar refractivity (Wildman–Crippen MR) is 107 cm³/mol. The first-order valence-corrected chi connectivity index (χ1v) is 10.0. The van der Waals surface area contributed by atoms with E-state index in [2.05, 4.69) is 21.3 Å². The number of amides is 1. The van der Waals surface area contributed by atoms with Crippen molar-refractivity contribution in [2.45, 2.75) is 18.9 Å². The van der Waals surface area contributed by atoms with E-state index in [9.17, 15) is 4.79 Å². The molecule has 0 spiro atoms. The number of nitrogens with zero attached hydrogens (tertiary/aromatic N) is 2. The van der Waals surface area contributed by atoms with E-state index in [0.29, 0.717) is 23.6 Å². The highest BCUT2D eigenvalue weighted by Crippen LogP contribution is 2.43. The number of carbonyl (C=O) groups excluding carboxylic acids is 1. The van der Waals surface area contributed by atoms with Gasteiger partial charge in [-0.05, 0) is 42.0 Å². The van der Waals surface area contributed by atoms with Gasteiger partial charge in [-0.15, -0.1) is 47.5 Å². The van der Waals surface area contributed by atoms with Crippen LogP contribution in [0, 0.1) is 17.8 Å². The van der Waals surface area contributed by atoms with Gasteiger partial charge in [-0.3, -0.25) is 4.79 Å². The standard InChI is InChI=1S/C17H19N3OS2.2ClH/c21-16(13-9-23-17(18-13)14-2-1-3-22-14)19-15-11-4-10-5-12(15)8-20(6-10)7-11;;/h1-3,9-12,15H,4-8H2,(H,19,21);2*1H. The Hall–Kier alpha value is -0.660. The smallest absolute Gasteiger partial charge is 0.271 e. The lowest BCUT2D eigenvalue weighted by atomic mass is 9.65. The highest BCUT2D eigenvalue weighted by atomic mass is 35.5. The topological polar surface area (TPSA) is 45.2 Å². The van der Waals surface area contributed by atoms with Crippen LogP contribution in [0.2, 0.25) is 0 Å². The molecular formula is C17H21Cl2N3OS2. The summed E-state index contributed by atoms with van der Waals surface area (Å²) in [5.74, 6) is 2.16. The van der Waals surface area contributed by atoms with Crippen molar-refractivity contribution in [2.75, 3.05) is 19.6 Å². The summed E-state index contributed by atoms with van der Waals surface area (Å²) in [6.45, 7) is 3.61. The molecule has 2 atom stereocenters. The monoisotopic (exact) mass is 417 g/mol. The van der Waals surface area contributed by atoms with E-state index in [0.717, 1.165) is 28.9 Å². The molecule has 6 rings (SSSR count). The van der Waals surface area contributed by atoms with Gasteiger partial charge in [0, 0.05) is 31.1 Å². The minimum atomic E-state index is 0. The number of nitrogens with one attached hydrogen (secondary N) is 1. The third-order valence-electron chi connectivity index (χ3n) is 5.56. The van der Waals surface area contributed by atoms with Gasteiger partial charge in [0.2, 0.25) is 0 Å². The highest BCUT2D eigenvalue weighted by molar-refractivity contribution is 7.20. The third-order valence-corrected chi connectivity index (χ3v) is 7.44. The SMILES string of the molecule is Cl.Cl.O=C(NC1C2CC3CC1CN(C3)C2)c1csc(-c2cccs2)n1.